The number of carbonyl (C=O) groups is 1. The minimum atomic E-state index is -4.42. The second-order valence-corrected chi connectivity index (χ2v) is 5.78. The van der Waals surface area contributed by atoms with Crippen LogP contribution in [0.4, 0.5) is 28.8 Å². The first-order valence-corrected chi connectivity index (χ1v) is 7.72. The number of alkyl halides is 3. The number of anilines is 2. The minimum Gasteiger partial charge on any atom is -0.308 e. The van der Waals surface area contributed by atoms with E-state index in [4.69, 9.17) is 0 Å². The number of nitrogens with zero attached hydrogens (tertiary/aromatic N) is 3. The molecule has 10 heteroatoms. The van der Waals surface area contributed by atoms with Crippen LogP contribution < -0.4 is 10.6 Å². The molecule has 0 atom stereocenters. The average molecular weight is 365 g/mol. The van der Waals surface area contributed by atoms with Crippen molar-refractivity contribution in [3.63, 3.8) is 0 Å². The molecule has 6 nitrogen and oxygen atoms in total. The van der Waals surface area contributed by atoms with E-state index >= 15 is 0 Å². The lowest BCUT2D eigenvalue weighted by molar-refractivity contribution is -0.137. The Kier molecular flexibility index (Phi) is 4.61. The first kappa shape index (κ1) is 16.8. The van der Waals surface area contributed by atoms with E-state index in [1.807, 2.05) is 0 Å². The third-order valence-electron chi connectivity index (χ3n) is 3.04. The summed E-state index contributed by atoms with van der Waals surface area (Å²) in [6.07, 6.45) is -1.20. The smallest absolute Gasteiger partial charge is 0.308 e. The van der Waals surface area contributed by atoms with Gasteiger partial charge in [0.1, 0.15) is 5.01 Å². The summed E-state index contributed by atoms with van der Waals surface area (Å²) in [5.41, 5.74) is 0.248. The Morgan fingerprint density at radius 2 is 1.64 bits per heavy atom. The fourth-order valence-electron chi connectivity index (χ4n) is 1.89. The number of halogens is 3. The maximum Gasteiger partial charge on any atom is 0.416 e. The van der Waals surface area contributed by atoms with Gasteiger partial charge in [0.25, 0.3) is 0 Å². The Morgan fingerprint density at radius 3 is 2.28 bits per heavy atom. The number of rotatable bonds is 3. The van der Waals surface area contributed by atoms with Gasteiger partial charge in [-0.15, -0.1) is 10.2 Å². The number of hydrogen-bond donors (Lipinski definition) is 2. The van der Waals surface area contributed by atoms with E-state index in [0.717, 1.165) is 29.0 Å². The molecule has 0 aliphatic rings. The van der Waals surface area contributed by atoms with E-state index in [9.17, 15) is 18.0 Å². The molecule has 0 bridgehead atoms. The summed E-state index contributed by atoms with van der Waals surface area (Å²) in [6, 6.07) is 7.01. The van der Waals surface area contributed by atoms with Crippen LogP contribution in [0.3, 0.4) is 0 Å². The zero-order valence-corrected chi connectivity index (χ0v) is 13.2. The molecule has 25 heavy (non-hydrogen) atoms. The van der Waals surface area contributed by atoms with Crippen molar-refractivity contribution >= 4 is 28.2 Å². The monoisotopic (exact) mass is 365 g/mol. The number of aromatic nitrogens is 3. The van der Waals surface area contributed by atoms with Gasteiger partial charge in [-0.25, -0.2) is 4.79 Å². The Morgan fingerprint density at radius 1 is 0.960 bits per heavy atom. The number of carbonyl (C=O) groups excluding carboxylic acids is 1. The van der Waals surface area contributed by atoms with E-state index in [2.05, 4.69) is 25.8 Å². The van der Waals surface area contributed by atoms with Crippen molar-refractivity contribution in [3.05, 3.63) is 54.4 Å². The molecule has 0 saturated heterocycles. The van der Waals surface area contributed by atoms with Crippen molar-refractivity contribution in [2.75, 3.05) is 10.6 Å². The molecule has 2 heterocycles. The van der Waals surface area contributed by atoms with Crippen LogP contribution in [0.25, 0.3) is 10.6 Å². The molecule has 0 spiro atoms. The first-order chi connectivity index (χ1) is 11.9. The molecule has 0 radical (unpaired) electrons. The molecule has 0 unspecified atom stereocenters. The molecule has 0 saturated carbocycles. The van der Waals surface area contributed by atoms with E-state index < -0.39 is 17.8 Å². The standard InChI is InChI=1S/C15H10F3N5OS/c16-15(17,18)10-1-3-11(4-2-10)20-13(24)21-14-23-22-12(25-14)9-5-7-19-8-6-9/h1-8H,(H2,20,21,23,24). The predicted octanol–water partition coefficient (Wildman–Crippen LogP) is 4.26. The van der Waals surface area contributed by atoms with Crippen LogP contribution in [0, 0.1) is 0 Å². The molecule has 0 aliphatic heterocycles. The molecule has 128 valence electrons. The highest BCUT2D eigenvalue weighted by atomic mass is 32.1. The van der Waals surface area contributed by atoms with Crippen molar-refractivity contribution in [3.8, 4) is 10.6 Å². The number of urea groups is 1. The molecule has 0 fully saturated rings. The Bertz CT molecular complexity index is 865. The summed E-state index contributed by atoms with van der Waals surface area (Å²) in [5.74, 6) is 0. The lowest BCUT2D eigenvalue weighted by Crippen LogP contribution is -2.19. The highest BCUT2D eigenvalue weighted by Crippen LogP contribution is 2.30. The molecular weight excluding hydrogens is 355 g/mol. The summed E-state index contributed by atoms with van der Waals surface area (Å²) >= 11 is 1.16. The number of pyridine rings is 1. The molecule has 2 amide bonds. The molecule has 2 aromatic heterocycles. The predicted molar refractivity (Wildman–Crippen MR) is 87.2 cm³/mol. The molecule has 1 aromatic carbocycles. The normalized spacial score (nSPS) is 11.2. The van der Waals surface area contributed by atoms with Gasteiger partial charge in [-0.05, 0) is 36.4 Å². The highest BCUT2D eigenvalue weighted by molar-refractivity contribution is 7.18. The van der Waals surface area contributed by atoms with Crippen LogP contribution in [0.15, 0.2) is 48.8 Å². The maximum atomic E-state index is 12.5. The second-order valence-electron chi connectivity index (χ2n) is 4.80. The number of nitrogens with one attached hydrogen (secondary N) is 2. The minimum absolute atomic E-state index is 0.226. The summed E-state index contributed by atoms with van der Waals surface area (Å²) < 4.78 is 37.5. The zero-order chi connectivity index (χ0) is 17.9. The van der Waals surface area contributed by atoms with Gasteiger partial charge in [-0.3, -0.25) is 10.3 Å². The molecule has 3 rings (SSSR count). The van der Waals surface area contributed by atoms with Crippen molar-refractivity contribution in [1.29, 1.82) is 0 Å². The molecule has 2 N–H and O–H groups in total. The summed E-state index contributed by atoms with van der Waals surface area (Å²) in [6.45, 7) is 0. The van der Waals surface area contributed by atoms with Crippen molar-refractivity contribution in [1.82, 2.24) is 15.2 Å². The van der Waals surface area contributed by atoms with Gasteiger partial charge in [-0.2, -0.15) is 13.2 Å². The van der Waals surface area contributed by atoms with Crippen LogP contribution in [0.2, 0.25) is 0 Å². The van der Waals surface area contributed by atoms with Crippen LogP contribution in [-0.4, -0.2) is 21.2 Å². The molecule has 0 aliphatic carbocycles. The third-order valence-corrected chi connectivity index (χ3v) is 3.93. The van der Waals surface area contributed by atoms with Crippen molar-refractivity contribution < 1.29 is 18.0 Å². The maximum absolute atomic E-state index is 12.5. The van der Waals surface area contributed by atoms with E-state index in [0.29, 0.717) is 5.01 Å². The number of hydrogen-bond acceptors (Lipinski definition) is 5. The van der Waals surface area contributed by atoms with Crippen LogP contribution in [0.1, 0.15) is 5.56 Å². The lowest BCUT2D eigenvalue weighted by Gasteiger charge is -2.08. The molecule has 3 aromatic rings. The van der Waals surface area contributed by atoms with Crippen LogP contribution in [0.5, 0.6) is 0 Å². The van der Waals surface area contributed by atoms with Crippen molar-refractivity contribution in [2.45, 2.75) is 6.18 Å². The quantitative estimate of drug-likeness (QED) is 0.727. The van der Waals surface area contributed by atoms with Crippen LogP contribution >= 0.6 is 11.3 Å². The summed E-state index contributed by atoms with van der Waals surface area (Å²) in [4.78, 5) is 15.8. The molecular formula is C15H10F3N5OS. The van der Waals surface area contributed by atoms with Gasteiger partial charge in [0.05, 0.1) is 5.56 Å². The largest absolute Gasteiger partial charge is 0.416 e. The number of benzene rings is 1. The van der Waals surface area contributed by atoms with E-state index in [1.165, 1.54) is 12.1 Å². The van der Waals surface area contributed by atoms with E-state index in [-0.39, 0.29) is 10.8 Å². The topological polar surface area (TPSA) is 79.8 Å². The van der Waals surface area contributed by atoms with Gasteiger partial charge in [0.2, 0.25) is 5.13 Å². The van der Waals surface area contributed by atoms with E-state index in [1.54, 1.807) is 24.5 Å². The SMILES string of the molecule is O=C(Nc1ccc(C(F)(F)F)cc1)Nc1nnc(-c2ccncc2)s1. The lowest BCUT2D eigenvalue weighted by atomic mass is 10.2. The summed E-state index contributed by atoms with van der Waals surface area (Å²) in [5, 5.41) is 13.6. The fraction of sp³-hybridized carbons (Fsp3) is 0.0667. The third kappa shape index (κ3) is 4.29. The number of amides is 2. The fourth-order valence-corrected chi connectivity index (χ4v) is 2.63. The van der Waals surface area contributed by atoms with Gasteiger partial charge in [0.15, 0.2) is 0 Å². The van der Waals surface area contributed by atoms with Gasteiger partial charge < -0.3 is 5.32 Å². The van der Waals surface area contributed by atoms with Gasteiger partial charge in [-0.1, -0.05) is 11.3 Å². The van der Waals surface area contributed by atoms with Gasteiger partial charge in [0, 0.05) is 23.6 Å². The highest BCUT2D eigenvalue weighted by Gasteiger charge is 2.29. The van der Waals surface area contributed by atoms with Gasteiger partial charge >= 0.3 is 12.2 Å². The Balaban J connectivity index is 1.62. The Labute approximate surface area is 143 Å². The first-order valence-electron chi connectivity index (χ1n) is 6.91. The average Bonchev–Trinajstić information content (AvgIpc) is 3.03. The van der Waals surface area contributed by atoms with Crippen LogP contribution in [-0.2, 0) is 6.18 Å². The Hall–Kier alpha value is -3.01. The summed E-state index contributed by atoms with van der Waals surface area (Å²) in [7, 11) is 0. The zero-order valence-electron chi connectivity index (χ0n) is 12.4. The van der Waals surface area contributed by atoms with Crippen molar-refractivity contribution in [2.24, 2.45) is 0 Å². The second kappa shape index (κ2) is 6.85.